The molecule has 6 heteroatoms. The van der Waals surface area contributed by atoms with Crippen molar-refractivity contribution in [1.82, 2.24) is 14.8 Å². The molecule has 26 heavy (non-hydrogen) atoms. The fourth-order valence-corrected chi connectivity index (χ4v) is 2.99. The highest BCUT2D eigenvalue weighted by Gasteiger charge is 2.36. The van der Waals surface area contributed by atoms with Crippen LogP contribution in [0.3, 0.4) is 0 Å². The van der Waals surface area contributed by atoms with Crippen molar-refractivity contribution >= 4 is 11.8 Å². The molecular weight excluding hydrogens is 330 g/mol. The number of carbonyl (C=O) groups excluding carboxylic acids is 2. The standard InChI is InChI=1S/C20H23N3O3/c1-20(2,26-17-8-4-3-5-9-17)19(25)23-13-11-22(12-14-23)18(24)16-7-6-10-21-15-16/h3-10,15H,11-14H2,1-2H3. The second kappa shape index (κ2) is 7.56. The third-order valence-electron chi connectivity index (χ3n) is 4.39. The first kappa shape index (κ1) is 17.9. The van der Waals surface area contributed by atoms with Crippen molar-refractivity contribution in [2.75, 3.05) is 26.2 Å². The van der Waals surface area contributed by atoms with Gasteiger partial charge >= 0.3 is 0 Å². The van der Waals surface area contributed by atoms with Crippen LogP contribution < -0.4 is 4.74 Å². The molecule has 1 fully saturated rings. The van der Waals surface area contributed by atoms with E-state index in [2.05, 4.69) is 4.98 Å². The summed E-state index contributed by atoms with van der Waals surface area (Å²) in [5, 5.41) is 0. The Morgan fingerprint density at radius 3 is 2.23 bits per heavy atom. The van der Waals surface area contributed by atoms with Crippen LogP contribution >= 0.6 is 0 Å². The quantitative estimate of drug-likeness (QED) is 0.846. The molecule has 6 nitrogen and oxygen atoms in total. The van der Waals surface area contributed by atoms with Crippen LogP contribution in [0.5, 0.6) is 5.75 Å². The van der Waals surface area contributed by atoms with Gasteiger partial charge < -0.3 is 14.5 Å². The average molecular weight is 353 g/mol. The Bertz CT molecular complexity index is 754. The summed E-state index contributed by atoms with van der Waals surface area (Å²) < 4.78 is 5.88. The Hall–Kier alpha value is -2.89. The predicted molar refractivity (Wildman–Crippen MR) is 97.9 cm³/mol. The first-order valence-corrected chi connectivity index (χ1v) is 8.70. The van der Waals surface area contributed by atoms with E-state index in [1.165, 1.54) is 0 Å². The lowest BCUT2D eigenvalue weighted by atomic mass is 10.1. The molecule has 136 valence electrons. The number of carbonyl (C=O) groups is 2. The van der Waals surface area contributed by atoms with Gasteiger partial charge in [-0.15, -0.1) is 0 Å². The summed E-state index contributed by atoms with van der Waals surface area (Å²) in [4.78, 5) is 32.8. The molecule has 0 N–H and O–H groups in total. The van der Waals surface area contributed by atoms with Gasteiger partial charge in [0.05, 0.1) is 5.56 Å². The summed E-state index contributed by atoms with van der Waals surface area (Å²) in [6.07, 6.45) is 3.21. The molecule has 3 rings (SSSR count). The SMILES string of the molecule is CC(C)(Oc1ccccc1)C(=O)N1CCN(C(=O)c2cccnc2)CC1. The van der Waals surface area contributed by atoms with Crippen molar-refractivity contribution in [3.63, 3.8) is 0 Å². The molecule has 2 aromatic rings. The van der Waals surface area contributed by atoms with Gasteiger partial charge in [-0.25, -0.2) is 0 Å². The average Bonchev–Trinajstić information content (AvgIpc) is 2.68. The van der Waals surface area contributed by atoms with Crippen molar-refractivity contribution < 1.29 is 14.3 Å². The molecule has 0 radical (unpaired) electrons. The highest BCUT2D eigenvalue weighted by Crippen LogP contribution is 2.21. The van der Waals surface area contributed by atoms with Gasteiger partial charge in [0.1, 0.15) is 5.75 Å². The van der Waals surface area contributed by atoms with Gasteiger partial charge in [-0.2, -0.15) is 0 Å². The number of aromatic nitrogens is 1. The Kier molecular flexibility index (Phi) is 5.21. The normalized spacial score (nSPS) is 14.8. The van der Waals surface area contributed by atoms with E-state index >= 15 is 0 Å². The minimum atomic E-state index is -0.961. The van der Waals surface area contributed by atoms with E-state index < -0.39 is 5.60 Å². The maximum absolute atomic E-state index is 12.9. The van der Waals surface area contributed by atoms with Gasteiger partial charge in [0, 0.05) is 38.6 Å². The molecule has 2 amide bonds. The zero-order chi connectivity index (χ0) is 18.6. The molecule has 1 saturated heterocycles. The van der Waals surface area contributed by atoms with E-state index in [1.807, 2.05) is 30.3 Å². The maximum Gasteiger partial charge on any atom is 0.266 e. The van der Waals surface area contributed by atoms with Gasteiger partial charge in [-0.3, -0.25) is 14.6 Å². The largest absolute Gasteiger partial charge is 0.478 e. The molecular formula is C20H23N3O3. The van der Waals surface area contributed by atoms with Gasteiger partial charge in [0.25, 0.3) is 11.8 Å². The van der Waals surface area contributed by atoms with E-state index in [9.17, 15) is 9.59 Å². The molecule has 0 bridgehead atoms. The van der Waals surface area contributed by atoms with Crippen LogP contribution in [0.4, 0.5) is 0 Å². The van der Waals surface area contributed by atoms with Gasteiger partial charge in [-0.1, -0.05) is 18.2 Å². The van der Waals surface area contributed by atoms with Crippen LogP contribution in [0, 0.1) is 0 Å². The maximum atomic E-state index is 12.9. The zero-order valence-corrected chi connectivity index (χ0v) is 15.1. The van der Waals surface area contributed by atoms with E-state index in [0.29, 0.717) is 37.5 Å². The third kappa shape index (κ3) is 4.02. The molecule has 1 aromatic heterocycles. The molecule has 0 atom stereocenters. The number of benzene rings is 1. The lowest BCUT2D eigenvalue weighted by Crippen LogP contribution is -2.56. The van der Waals surface area contributed by atoms with Crippen LogP contribution in [0.2, 0.25) is 0 Å². The number of rotatable bonds is 4. The summed E-state index contributed by atoms with van der Waals surface area (Å²) in [6, 6.07) is 12.8. The second-order valence-corrected chi connectivity index (χ2v) is 6.75. The summed E-state index contributed by atoms with van der Waals surface area (Å²) in [5.41, 5.74) is -0.392. The van der Waals surface area contributed by atoms with Crippen LogP contribution in [0.15, 0.2) is 54.9 Å². The summed E-state index contributed by atoms with van der Waals surface area (Å²) >= 11 is 0. The first-order valence-electron chi connectivity index (χ1n) is 8.70. The van der Waals surface area contributed by atoms with Crippen LogP contribution in [0.1, 0.15) is 24.2 Å². The minimum absolute atomic E-state index is 0.0509. The molecule has 0 spiro atoms. The van der Waals surface area contributed by atoms with E-state index in [0.717, 1.165) is 0 Å². The fraction of sp³-hybridized carbons (Fsp3) is 0.350. The number of ether oxygens (including phenoxy) is 1. The molecule has 0 unspecified atom stereocenters. The van der Waals surface area contributed by atoms with Gasteiger partial charge in [-0.05, 0) is 38.1 Å². The number of pyridine rings is 1. The lowest BCUT2D eigenvalue weighted by Gasteiger charge is -2.38. The Labute approximate surface area is 153 Å². The monoisotopic (exact) mass is 353 g/mol. The van der Waals surface area contributed by atoms with E-state index in [4.69, 9.17) is 4.74 Å². The number of piperazine rings is 1. The summed E-state index contributed by atoms with van der Waals surface area (Å²) in [6.45, 7) is 5.53. The summed E-state index contributed by atoms with van der Waals surface area (Å²) in [5.74, 6) is 0.538. The molecule has 0 saturated carbocycles. The van der Waals surface area contributed by atoms with Gasteiger partial charge in [0.15, 0.2) is 5.60 Å². The summed E-state index contributed by atoms with van der Waals surface area (Å²) in [7, 11) is 0. The molecule has 1 aliphatic rings. The molecule has 2 heterocycles. The van der Waals surface area contributed by atoms with Crippen molar-refractivity contribution in [3.05, 3.63) is 60.4 Å². The number of hydrogen-bond acceptors (Lipinski definition) is 4. The van der Waals surface area contributed by atoms with Crippen LogP contribution in [-0.2, 0) is 4.79 Å². The Balaban J connectivity index is 1.58. The second-order valence-electron chi connectivity index (χ2n) is 6.75. The van der Waals surface area contributed by atoms with E-state index in [1.54, 1.807) is 48.2 Å². The van der Waals surface area contributed by atoms with Crippen molar-refractivity contribution in [2.45, 2.75) is 19.4 Å². The van der Waals surface area contributed by atoms with Crippen LogP contribution in [-0.4, -0.2) is 58.4 Å². The van der Waals surface area contributed by atoms with Crippen LogP contribution in [0.25, 0.3) is 0 Å². The van der Waals surface area contributed by atoms with Crippen molar-refractivity contribution in [3.8, 4) is 5.75 Å². The highest BCUT2D eigenvalue weighted by atomic mass is 16.5. The molecule has 1 aliphatic heterocycles. The zero-order valence-electron chi connectivity index (χ0n) is 15.1. The van der Waals surface area contributed by atoms with Crippen molar-refractivity contribution in [2.24, 2.45) is 0 Å². The fourth-order valence-electron chi connectivity index (χ4n) is 2.99. The lowest BCUT2D eigenvalue weighted by molar-refractivity contribution is -0.147. The smallest absolute Gasteiger partial charge is 0.266 e. The third-order valence-corrected chi connectivity index (χ3v) is 4.39. The molecule has 0 aliphatic carbocycles. The van der Waals surface area contributed by atoms with E-state index in [-0.39, 0.29) is 11.8 Å². The number of nitrogens with zero attached hydrogens (tertiary/aromatic N) is 3. The highest BCUT2D eigenvalue weighted by molar-refractivity contribution is 5.94. The number of para-hydroxylation sites is 1. The molecule has 1 aromatic carbocycles. The van der Waals surface area contributed by atoms with Crippen molar-refractivity contribution in [1.29, 1.82) is 0 Å². The Morgan fingerprint density at radius 1 is 0.962 bits per heavy atom. The minimum Gasteiger partial charge on any atom is -0.478 e. The number of amides is 2. The predicted octanol–water partition coefficient (Wildman–Crippen LogP) is 2.22. The topological polar surface area (TPSA) is 62.7 Å². The number of hydrogen-bond donors (Lipinski definition) is 0. The first-order chi connectivity index (χ1) is 12.5. The Morgan fingerprint density at radius 2 is 1.62 bits per heavy atom. The van der Waals surface area contributed by atoms with Gasteiger partial charge in [0.2, 0.25) is 0 Å².